The lowest BCUT2D eigenvalue weighted by atomic mass is 10.0. The second kappa shape index (κ2) is 6.62. The Bertz CT molecular complexity index is 497. The van der Waals surface area contributed by atoms with Crippen LogP contribution in [0.1, 0.15) is 18.9 Å². The second-order valence-corrected chi connectivity index (χ2v) is 6.88. The summed E-state index contributed by atoms with van der Waals surface area (Å²) in [5.74, 6) is 0. The third-order valence-corrected chi connectivity index (χ3v) is 5.13. The Labute approximate surface area is 121 Å². The van der Waals surface area contributed by atoms with Gasteiger partial charge >= 0.3 is 0 Å². The molecule has 18 heavy (non-hydrogen) atoms. The Balaban J connectivity index is 2.22. The zero-order chi connectivity index (χ0) is 13.0. The van der Waals surface area contributed by atoms with Gasteiger partial charge in [-0.05, 0) is 48.1 Å². The molecule has 0 aliphatic rings. The van der Waals surface area contributed by atoms with Gasteiger partial charge in [-0.3, -0.25) is 0 Å². The van der Waals surface area contributed by atoms with Crippen molar-refractivity contribution < 1.29 is 0 Å². The van der Waals surface area contributed by atoms with Crippen molar-refractivity contribution in [3.63, 3.8) is 0 Å². The van der Waals surface area contributed by atoms with Crippen LogP contribution in [0.4, 0.5) is 0 Å². The van der Waals surface area contributed by atoms with E-state index in [0.29, 0.717) is 0 Å². The summed E-state index contributed by atoms with van der Waals surface area (Å²) in [7, 11) is 0. The molecule has 2 aromatic rings. The van der Waals surface area contributed by atoms with Crippen LogP contribution in [0.5, 0.6) is 0 Å². The molecular weight excluding hydrogens is 282 g/mol. The molecule has 0 bridgehead atoms. The van der Waals surface area contributed by atoms with E-state index in [-0.39, 0.29) is 6.04 Å². The Hall–Kier alpha value is -0.480. The molecule has 4 heteroatoms. The predicted molar refractivity (Wildman–Crippen MR) is 81.9 cm³/mol. The van der Waals surface area contributed by atoms with Crippen molar-refractivity contribution in [3.8, 4) is 0 Å². The fraction of sp³-hybridized carbons (Fsp3) is 0.286. The Morgan fingerprint density at radius 1 is 1.39 bits per heavy atom. The Morgan fingerprint density at radius 3 is 2.89 bits per heavy atom. The van der Waals surface area contributed by atoms with Gasteiger partial charge in [0.25, 0.3) is 0 Å². The maximum atomic E-state index is 6.08. The number of benzene rings is 1. The van der Waals surface area contributed by atoms with Crippen LogP contribution >= 0.6 is 34.7 Å². The number of rotatable bonds is 5. The molecule has 0 amide bonds. The minimum atomic E-state index is 0.200. The van der Waals surface area contributed by atoms with E-state index in [1.807, 2.05) is 12.1 Å². The van der Waals surface area contributed by atoms with Crippen molar-refractivity contribution in [3.05, 3.63) is 46.3 Å². The van der Waals surface area contributed by atoms with Crippen LogP contribution in [-0.2, 0) is 6.42 Å². The van der Waals surface area contributed by atoms with Crippen LogP contribution in [0.3, 0.4) is 0 Å². The minimum absolute atomic E-state index is 0.200. The zero-order valence-electron chi connectivity index (χ0n) is 10.2. The molecule has 2 rings (SSSR count). The molecule has 0 spiro atoms. The molecule has 1 heterocycles. The third-order valence-electron chi connectivity index (χ3n) is 2.73. The monoisotopic (exact) mass is 297 g/mol. The van der Waals surface area contributed by atoms with Crippen LogP contribution < -0.4 is 5.73 Å². The molecule has 1 aromatic heterocycles. The van der Waals surface area contributed by atoms with E-state index in [1.165, 1.54) is 14.7 Å². The maximum absolute atomic E-state index is 6.08. The topological polar surface area (TPSA) is 26.0 Å². The summed E-state index contributed by atoms with van der Waals surface area (Å²) in [5, 5.41) is 2.87. The number of hydrogen-bond acceptors (Lipinski definition) is 3. The first-order valence-corrected chi connectivity index (χ1v) is 8.02. The van der Waals surface area contributed by atoms with Crippen molar-refractivity contribution in [1.29, 1.82) is 0 Å². The van der Waals surface area contributed by atoms with Gasteiger partial charge in [0.05, 0.1) is 4.21 Å². The SMILES string of the molecule is CCC(N)Cc1cc(Cl)ccc1Sc1cccs1. The Morgan fingerprint density at radius 2 is 2.22 bits per heavy atom. The van der Waals surface area contributed by atoms with Crippen molar-refractivity contribution in [2.45, 2.75) is 34.9 Å². The highest BCUT2D eigenvalue weighted by atomic mass is 35.5. The highest BCUT2D eigenvalue weighted by molar-refractivity contribution is 8.01. The van der Waals surface area contributed by atoms with E-state index < -0.39 is 0 Å². The first kappa shape index (κ1) is 13.9. The second-order valence-electron chi connectivity index (χ2n) is 4.16. The van der Waals surface area contributed by atoms with Gasteiger partial charge in [-0.2, -0.15) is 0 Å². The molecule has 0 aliphatic carbocycles. The molecule has 0 fully saturated rings. The third kappa shape index (κ3) is 3.75. The lowest BCUT2D eigenvalue weighted by Crippen LogP contribution is -2.21. The first-order chi connectivity index (χ1) is 8.69. The summed E-state index contributed by atoms with van der Waals surface area (Å²) in [6, 6.07) is 10.5. The van der Waals surface area contributed by atoms with Crippen LogP contribution in [0.25, 0.3) is 0 Å². The van der Waals surface area contributed by atoms with Gasteiger partial charge in [0.2, 0.25) is 0 Å². The molecule has 1 unspecified atom stereocenters. The van der Waals surface area contributed by atoms with E-state index in [2.05, 4.69) is 30.5 Å². The highest BCUT2D eigenvalue weighted by Crippen LogP contribution is 2.35. The first-order valence-electron chi connectivity index (χ1n) is 5.94. The molecule has 96 valence electrons. The highest BCUT2D eigenvalue weighted by Gasteiger charge is 2.09. The average molecular weight is 298 g/mol. The normalized spacial score (nSPS) is 12.6. The predicted octanol–water partition coefficient (Wildman–Crippen LogP) is 4.83. The van der Waals surface area contributed by atoms with Gasteiger partial charge in [0, 0.05) is 16.0 Å². The van der Waals surface area contributed by atoms with Gasteiger partial charge < -0.3 is 5.73 Å². The molecule has 1 aromatic carbocycles. The van der Waals surface area contributed by atoms with Crippen molar-refractivity contribution >= 4 is 34.7 Å². The molecule has 0 aliphatic heterocycles. The van der Waals surface area contributed by atoms with Gasteiger partial charge in [0.15, 0.2) is 0 Å². The van der Waals surface area contributed by atoms with Gasteiger partial charge in [-0.15, -0.1) is 11.3 Å². The summed E-state index contributed by atoms with van der Waals surface area (Å²) in [5.41, 5.74) is 7.29. The fourth-order valence-corrected chi connectivity index (χ4v) is 3.71. The molecular formula is C14H16ClNS2. The van der Waals surface area contributed by atoms with E-state index in [1.54, 1.807) is 23.1 Å². The minimum Gasteiger partial charge on any atom is -0.327 e. The van der Waals surface area contributed by atoms with Gasteiger partial charge in [0.1, 0.15) is 0 Å². The van der Waals surface area contributed by atoms with Crippen LogP contribution in [0.15, 0.2) is 44.8 Å². The molecule has 0 saturated carbocycles. The van der Waals surface area contributed by atoms with Gasteiger partial charge in [-0.25, -0.2) is 0 Å². The quantitative estimate of drug-likeness (QED) is 0.855. The van der Waals surface area contributed by atoms with Crippen molar-refractivity contribution in [1.82, 2.24) is 0 Å². The number of thiophene rings is 1. The average Bonchev–Trinajstić information content (AvgIpc) is 2.85. The summed E-state index contributed by atoms with van der Waals surface area (Å²) >= 11 is 9.62. The number of nitrogens with two attached hydrogens (primary N) is 1. The summed E-state index contributed by atoms with van der Waals surface area (Å²) in [6.45, 7) is 2.11. The smallest absolute Gasteiger partial charge is 0.0646 e. The van der Waals surface area contributed by atoms with Crippen LogP contribution in [0, 0.1) is 0 Å². The van der Waals surface area contributed by atoms with Crippen molar-refractivity contribution in [2.75, 3.05) is 0 Å². The van der Waals surface area contributed by atoms with Crippen LogP contribution in [0.2, 0.25) is 5.02 Å². The molecule has 1 atom stereocenters. The van der Waals surface area contributed by atoms with Crippen molar-refractivity contribution in [2.24, 2.45) is 5.73 Å². The Kier molecular flexibility index (Phi) is 5.13. The van der Waals surface area contributed by atoms with E-state index in [9.17, 15) is 0 Å². The lowest BCUT2D eigenvalue weighted by molar-refractivity contribution is 0.641. The molecule has 0 saturated heterocycles. The van der Waals surface area contributed by atoms with E-state index >= 15 is 0 Å². The van der Waals surface area contributed by atoms with E-state index in [0.717, 1.165) is 17.9 Å². The lowest BCUT2D eigenvalue weighted by Gasteiger charge is -2.13. The summed E-state index contributed by atoms with van der Waals surface area (Å²) in [6.07, 6.45) is 1.86. The standard InChI is InChI=1S/C14H16ClNS2/c1-2-12(16)9-10-8-11(15)5-6-13(10)18-14-4-3-7-17-14/h3-8,12H,2,9,16H2,1H3. The number of halogens is 1. The molecule has 2 N–H and O–H groups in total. The maximum Gasteiger partial charge on any atom is 0.0646 e. The number of hydrogen-bond donors (Lipinski definition) is 1. The van der Waals surface area contributed by atoms with Gasteiger partial charge in [-0.1, -0.05) is 36.4 Å². The largest absolute Gasteiger partial charge is 0.327 e. The summed E-state index contributed by atoms with van der Waals surface area (Å²) < 4.78 is 1.30. The zero-order valence-corrected chi connectivity index (χ0v) is 12.6. The fourth-order valence-electron chi connectivity index (χ4n) is 1.66. The van der Waals surface area contributed by atoms with E-state index in [4.69, 9.17) is 17.3 Å². The molecule has 0 radical (unpaired) electrons. The molecule has 1 nitrogen and oxygen atoms in total. The van der Waals surface area contributed by atoms with Crippen LogP contribution in [-0.4, -0.2) is 6.04 Å². The summed E-state index contributed by atoms with van der Waals surface area (Å²) in [4.78, 5) is 1.26.